The number of halogens is 1. The van der Waals surface area contributed by atoms with Crippen LogP contribution in [0.5, 0.6) is 0 Å². The van der Waals surface area contributed by atoms with Gasteiger partial charge in [0.15, 0.2) is 0 Å². The van der Waals surface area contributed by atoms with Gasteiger partial charge in [-0.2, -0.15) is 0 Å². The molecule has 19 heavy (non-hydrogen) atoms. The molecule has 0 saturated heterocycles. The van der Waals surface area contributed by atoms with E-state index < -0.39 is 0 Å². The molecule has 0 radical (unpaired) electrons. The fraction of sp³-hybridized carbons (Fsp3) is 0.154. The Bertz CT molecular complexity index is 718. The number of hydrogen-bond acceptors (Lipinski definition) is 4. The van der Waals surface area contributed by atoms with Crippen molar-refractivity contribution in [1.82, 2.24) is 15.0 Å². The highest BCUT2D eigenvalue weighted by Crippen LogP contribution is 2.31. The predicted octanol–water partition coefficient (Wildman–Crippen LogP) is 2.48. The largest absolute Gasteiger partial charge is 0.458 e. The molecule has 0 aliphatic heterocycles. The molecule has 0 bridgehead atoms. The number of nitrogens with two attached hydrogens (primary N) is 1. The van der Waals surface area contributed by atoms with Crippen LogP contribution in [0.3, 0.4) is 0 Å². The SMILES string of the molecule is Cn1ccnc1C(NN)c1cc2cccc(Br)c2o1. The van der Waals surface area contributed by atoms with Crippen LogP contribution in [0.2, 0.25) is 0 Å². The second-order valence-electron chi connectivity index (χ2n) is 4.30. The third-order valence-corrected chi connectivity index (χ3v) is 3.71. The molecule has 1 atom stereocenters. The van der Waals surface area contributed by atoms with E-state index >= 15 is 0 Å². The van der Waals surface area contributed by atoms with Crippen molar-refractivity contribution >= 4 is 26.9 Å². The lowest BCUT2D eigenvalue weighted by Gasteiger charge is -2.12. The highest BCUT2D eigenvalue weighted by atomic mass is 79.9. The maximum absolute atomic E-state index is 5.89. The lowest BCUT2D eigenvalue weighted by molar-refractivity contribution is 0.456. The maximum atomic E-state index is 5.89. The molecule has 98 valence electrons. The van der Waals surface area contributed by atoms with Crippen LogP contribution < -0.4 is 11.3 Å². The Morgan fingerprint density at radius 1 is 1.47 bits per heavy atom. The second-order valence-corrected chi connectivity index (χ2v) is 5.16. The van der Waals surface area contributed by atoms with E-state index in [1.165, 1.54) is 0 Å². The van der Waals surface area contributed by atoms with Crippen LogP contribution in [0.4, 0.5) is 0 Å². The number of furan rings is 1. The van der Waals surface area contributed by atoms with Gasteiger partial charge in [0.25, 0.3) is 0 Å². The molecule has 2 aromatic heterocycles. The molecular weight excluding hydrogens is 308 g/mol. The number of hydrazine groups is 1. The van der Waals surface area contributed by atoms with Crippen molar-refractivity contribution in [2.45, 2.75) is 6.04 Å². The van der Waals surface area contributed by atoms with Gasteiger partial charge in [0.05, 0.1) is 4.47 Å². The molecule has 3 rings (SSSR count). The standard InChI is InChI=1S/C13H13BrN4O/c1-18-6-5-16-13(18)11(17-15)10-7-8-3-2-4-9(14)12(8)19-10/h2-7,11,17H,15H2,1H3. The fourth-order valence-electron chi connectivity index (χ4n) is 2.13. The van der Waals surface area contributed by atoms with Crippen molar-refractivity contribution in [3.63, 3.8) is 0 Å². The van der Waals surface area contributed by atoms with Crippen molar-refractivity contribution in [2.24, 2.45) is 12.9 Å². The normalized spacial score (nSPS) is 13.0. The van der Waals surface area contributed by atoms with Gasteiger partial charge < -0.3 is 8.98 Å². The number of aryl methyl sites for hydroxylation is 1. The number of benzene rings is 1. The van der Waals surface area contributed by atoms with Crippen LogP contribution in [0.15, 0.2) is 45.5 Å². The molecule has 0 spiro atoms. The Labute approximate surface area is 118 Å². The molecular formula is C13H13BrN4O. The van der Waals surface area contributed by atoms with Crippen LogP contribution in [0.25, 0.3) is 11.0 Å². The summed E-state index contributed by atoms with van der Waals surface area (Å²) in [4.78, 5) is 4.30. The molecule has 6 heteroatoms. The van der Waals surface area contributed by atoms with Gasteiger partial charge in [-0.15, -0.1) is 0 Å². The van der Waals surface area contributed by atoms with Gasteiger partial charge in [-0.1, -0.05) is 12.1 Å². The molecule has 3 N–H and O–H groups in total. The van der Waals surface area contributed by atoms with Crippen molar-refractivity contribution in [1.29, 1.82) is 0 Å². The molecule has 1 unspecified atom stereocenters. The van der Waals surface area contributed by atoms with E-state index in [0.29, 0.717) is 0 Å². The molecule has 5 nitrogen and oxygen atoms in total. The second kappa shape index (κ2) is 4.80. The van der Waals surface area contributed by atoms with E-state index in [2.05, 4.69) is 26.3 Å². The van der Waals surface area contributed by atoms with Gasteiger partial charge >= 0.3 is 0 Å². The zero-order valence-corrected chi connectivity index (χ0v) is 11.9. The third-order valence-electron chi connectivity index (χ3n) is 3.08. The van der Waals surface area contributed by atoms with Crippen molar-refractivity contribution in [2.75, 3.05) is 0 Å². The Balaban J connectivity index is 2.12. The van der Waals surface area contributed by atoms with E-state index in [4.69, 9.17) is 10.3 Å². The Morgan fingerprint density at radius 3 is 2.95 bits per heavy atom. The average Bonchev–Trinajstić information content (AvgIpc) is 2.99. The molecule has 3 aromatic rings. The van der Waals surface area contributed by atoms with Gasteiger partial charge in [-0.05, 0) is 28.1 Å². The summed E-state index contributed by atoms with van der Waals surface area (Å²) < 4.78 is 8.72. The van der Waals surface area contributed by atoms with Gasteiger partial charge in [0.1, 0.15) is 23.2 Å². The summed E-state index contributed by atoms with van der Waals surface area (Å²) in [6.45, 7) is 0. The summed E-state index contributed by atoms with van der Waals surface area (Å²) in [6, 6.07) is 7.61. The van der Waals surface area contributed by atoms with E-state index in [0.717, 1.165) is 27.0 Å². The first-order valence-corrected chi connectivity index (χ1v) is 6.61. The summed E-state index contributed by atoms with van der Waals surface area (Å²) >= 11 is 3.48. The quantitative estimate of drug-likeness (QED) is 0.574. The first-order valence-electron chi connectivity index (χ1n) is 5.82. The molecule has 0 amide bonds. The molecule has 0 fully saturated rings. The van der Waals surface area contributed by atoms with E-state index in [1.54, 1.807) is 6.20 Å². The lowest BCUT2D eigenvalue weighted by atomic mass is 10.2. The van der Waals surface area contributed by atoms with E-state index in [-0.39, 0.29) is 6.04 Å². The van der Waals surface area contributed by atoms with Gasteiger partial charge in [0, 0.05) is 24.8 Å². The van der Waals surface area contributed by atoms with Crippen molar-refractivity contribution in [3.8, 4) is 0 Å². The highest BCUT2D eigenvalue weighted by molar-refractivity contribution is 9.10. The molecule has 2 heterocycles. The number of para-hydroxylation sites is 1. The van der Waals surface area contributed by atoms with Crippen LogP contribution in [-0.2, 0) is 7.05 Å². The molecule has 0 aliphatic rings. The topological polar surface area (TPSA) is 69.0 Å². The Kier molecular flexibility index (Phi) is 3.14. The first-order chi connectivity index (χ1) is 9.20. The zero-order valence-electron chi connectivity index (χ0n) is 10.3. The molecule has 0 aliphatic carbocycles. The summed E-state index contributed by atoms with van der Waals surface area (Å²) in [5.74, 6) is 7.19. The predicted molar refractivity (Wildman–Crippen MR) is 76.3 cm³/mol. The number of aromatic nitrogens is 2. The van der Waals surface area contributed by atoms with E-state index in [1.807, 2.05) is 42.1 Å². The van der Waals surface area contributed by atoms with Crippen LogP contribution in [0.1, 0.15) is 17.6 Å². The zero-order chi connectivity index (χ0) is 13.4. The minimum atomic E-state index is -0.278. The van der Waals surface area contributed by atoms with Crippen LogP contribution >= 0.6 is 15.9 Å². The molecule has 0 saturated carbocycles. The lowest BCUT2D eigenvalue weighted by Crippen LogP contribution is -2.30. The highest BCUT2D eigenvalue weighted by Gasteiger charge is 2.21. The summed E-state index contributed by atoms with van der Waals surface area (Å²) in [7, 11) is 1.92. The number of nitrogens with zero attached hydrogens (tertiary/aromatic N) is 2. The minimum Gasteiger partial charge on any atom is -0.458 e. The Morgan fingerprint density at radius 2 is 2.32 bits per heavy atom. The smallest absolute Gasteiger partial charge is 0.148 e. The van der Waals surface area contributed by atoms with Crippen LogP contribution in [-0.4, -0.2) is 9.55 Å². The van der Waals surface area contributed by atoms with Crippen LogP contribution in [0, 0.1) is 0 Å². The van der Waals surface area contributed by atoms with Gasteiger partial charge in [-0.25, -0.2) is 10.4 Å². The number of rotatable bonds is 3. The van der Waals surface area contributed by atoms with Crippen molar-refractivity contribution in [3.05, 3.63) is 52.7 Å². The monoisotopic (exact) mass is 320 g/mol. The summed E-state index contributed by atoms with van der Waals surface area (Å²) in [5.41, 5.74) is 3.56. The van der Waals surface area contributed by atoms with Gasteiger partial charge in [0.2, 0.25) is 0 Å². The average molecular weight is 321 g/mol. The fourth-order valence-corrected chi connectivity index (χ4v) is 2.59. The number of nitrogens with one attached hydrogen (secondary N) is 1. The summed E-state index contributed by atoms with van der Waals surface area (Å²) in [6.07, 6.45) is 3.61. The molecule has 1 aromatic carbocycles. The summed E-state index contributed by atoms with van der Waals surface area (Å²) in [5, 5.41) is 1.03. The van der Waals surface area contributed by atoms with E-state index in [9.17, 15) is 0 Å². The third kappa shape index (κ3) is 2.07. The first kappa shape index (κ1) is 12.4. The number of hydrogen-bond donors (Lipinski definition) is 2. The minimum absolute atomic E-state index is 0.278. The van der Waals surface area contributed by atoms with Crippen molar-refractivity contribution < 1.29 is 4.42 Å². The number of imidazole rings is 1. The maximum Gasteiger partial charge on any atom is 0.148 e. The number of fused-ring (bicyclic) bond motifs is 1. The van der Waals surface area contributed by atoms with Gasteiger partial charge in [-0.3, -0.25) is 5.84 Å². The Hall–Kier alpha value is -1.63.